The maximum absolute atomic E-state index is 10.3. The summed E-state index contributed by atoms with van der Waals surface area (Å²) in [5, 5.41) is 12.9. The minimum Gasteiger partial charge on any atom is -0.392 e. The summed E-state index contributed by atoms with van der Waals surface area (Å²) < 4.78 is 0. The van der Waals surface area contributed by atoms with E-state index in [1.54, 1.807) is 0 Å². The van der Waals surface area contributed by atoms with Crippen molar-refractivity contribution in [2.45, 2.75) is 44.6 Å². The molecule has 2 atom stereocenters. The monoisotopic (exact) mass is 240 g/mol. The van der Waals surface area contributed by atoms with Crippen molar-refractivity contribution in [1.82, 2.24) is 0 Å². The number of aliphatic hydroxyl groups excluding tert-OH is 1. The maximum atomic E-state index is 10.3. The predicted molar refractivity (Wildman–Crippen MR) is 75.9 cm³/mol. The standard InChI is InChI=1S/C17H20O/c1-12-10-11-13-6-2-3-7-14(13)17(12)15-8-4-5-9-16(15)18/h2-3,6-7,10-11,15-16,18H,4-5,8-9H2,1H3. The Morgan fingerprint density at radius 3 is 2.61 bits per heavy atom. The molecule has 2 aromatic rings. The molecule has 2 aromatic carbocycles. The van der Waals surface area contributed by atoms with Crippen LogP contribution in [0.4, 0.5) is 0 Å². The molecule has 94 valence electrons. The minimum atomic E-state index is -0.164. The van der Waals surface area contributed by atoms with E-state index in [0.29, 0.717) is 5.92 Å². The lowest BCUT2D eigenvalue weighted by Crippen LogP contribution is -2.23. The Bertz CT molecular complexity index is 559. The van der Waals surface area contributed by atoms with Gasteiger partial charge in [-0.2, -0.15) is 0 Å². The molecule has 1 aliphatic rings. The van der Waals surface area contributed by atoms with Crippen LogP contribution in [0, 0.1) is 6.92 Å². The number of aryl methyl sites for hydroxylation is 1. The molecule has 3 rings (SSSR count). The Labute approximate surface area is 108 Å². The van der Waals surface area contributed by atoms with E-state index in [4.69, 9.17) is 0 Å². The third kappa shape index (κ3) is 1.93. The zero-order chi connectivity index (χ0) is 12.5. The molecule has 18 heavy (non-hydrogen) atoms. The van der Waals surface area contributed by atoms with Gasteiger partial charge in [0.15, 0.2) is 0 Å². The lowest BCUT2D eigenvalue weighted by atomic mass is 9.78. The molecule has 0 aromatic heterocycles. The first-order valence-electron chi connectivity index (χ1n) is 6.93. The zero-order valence-electron chi connectivity index (χ0n) is 10.9. The Morgan fingerprint density at radius 1 is 1.00 bits per heavy atom. The summed E-state index contributed by atoms with van der Waals surface area (Å²) >= 11 is 0. The van der Waals surface area contributed by atoms with E-state index >= 15 is 0 Å². The molecular weight excluding hydrogens is 220 g/mol. The number of rotatable bonds is 1. The Morgan fingerprint density at radius 2 is 1.78 bits per heavy atom. The van der Waals surface area contributed by atoms with Crippen LogP contribution in [0.1, 0.15) is 42.7 Å². The number of benzene rings is 2. The van der Waals surface area contributed by atoms with Crippen LogP contribution in [0.3, 0.4) is 0 Å². The van der Waals surface area contributed by atoms with Gasteiger partial charge in [0.05, 0.1) is 6.10 Å². The quantitative estimate of drug-likeness (QED) is 0.793. The van der Waals surface area contributed by atoms with E-state index in [1.165, 1.54) is 34.7 Å². The fourth-order valence-electron chi connectivity index (χ4n) is 3.34. The van der Waals surface area contributed by atoms with E-state index in [0.717, 1.165) is 12.8 Å². The van der Waals surface area contributed by atoms with E-state index in [2.05, 4.69) is 43.3 Å². The molecule has 1 nitrogen and oxygen atoms in total. The topological polar surface area (TPSA) is 20.2 Å². The summed E-state index contributed by atoms with van der Waals surface area (Å²) in [6, 6.07) is 12.9. The fraction of sp³-hybridized carbons (Fsp3) is 0.412. The van der Waals surface area contributed by atoms with Crippen LogP contribution in [0.2, 0.25) is 0 Å². The van der Waals surface area contributed by atoms with E-state index < -0.39 is 0 Å². The number of hydrogen-bond acceptors (Lipinski definition) is 1. The Balaban J connectivity index is 2.17. The number of hydrogen-bond donors (Lipinski definition) is 1. The molecule has 1 fully saturated rings. The van der Waals surface area contributed by atoms with E-state index in [1.807, 2.05) is 0 Å². The first kappa shape index (κ1) is 11.7. The minimum absolute atomic E-state index is 0.164. The molecule has 0 bridgehead atoms. The normalized spacial score (nSPS) is 24.3. The van der Waals surface area contributed by atoms with Gasteiger partial charge in [-0.25, -0.2) is 0 Å². The highest BCUT2D eigenvalue weighted by Crippen LogP contribution is 2.38. The SMILES string of the molecule is Cc1ccc2ccccc2c1C1CCCCC1O. The summed E-state index contributed by atoms with van der Waals surface area (Å²) in [6.07, 6.45) is 4.32. The molecule has 0 saturated heterocycles. The highest BCUT2D eigenvalue weighted by Gasteiger charge is 2.26. The Hall–Kier alpha value is -1.34. The molecule has 1 heteroatoms. The molecule has 1 N–H and O–H groups in total. The smallest absolute Gasteiger partial charge is 0.0609 e. The van der Waals surface area contributed by atoms with Gasteiger partial charge in [0.1, 0.15) is 0 Å². The van der Waals surface area contributed by atoms with Crippen molar-refractivity contribution >= 4 is 10.8 Å². The van der Waals surface area contributed by atoms with Crippen LogP contribution < -0.4 is 0 Å². The molecule has 0 radical (unpaired) electrons. The summed E-state index contributed by atoms with van der Waals surface area (Å²) in [6.45, 7) is 2.17. The van der Waals surface area contributed by atoms with Gasteiger partial charge >= 0.3 is 0 Å². The van der Waals surface area contributed by atoms with Gasteiger partial charge in [0.25, 0.3) is 0 Å². The molecule has 1 saturated carbocycles. The van der Waals surface area contributed by atoms with Crippen molar-refractivity contribution < 1.29 is 5.11 Å². The molecule has 1 aliphatic carbocycles. The van der Waals surface area contributed by atoms with Gasteiger partial charge in [-0.1, -0.05) is 49.2 Å². The summed E-state index contributed by atoms with van der Waals surface area (Å²) in [5.74, 6) is 0.324. The summed E-state index contributed by atoms with van der Waals surface area (Å²) in [5.41, 5.74) is 2.69. The molecule has 0 heterocycles. The third-order valence-corrected chi connectivity index (χ3v) is 4.29. The first-order valence-corrected chi connectivity index (χ1v) is 6.93. The third-order valence-electron chi connectivity index (χ3n) is 4.29. The van der Waals surface area contributed by atoms with Crippen molar-refractivity contribution in [2.24, 2.45) is 0 Å². The van der Waals surface area contributed by atoms with Crippen molar-refractivity contribution in [3.05, 3.63) is 47.5 Å². The molecule has 0 aliphatic heterocycles. The second-order valence-corrected chi connectivity index (χ2v) is 5.48. The summed E-state index contributed by atoms with van der Waals surface area (Å²) in [7, 11) is 0. The van der Waals surface area contributed by atoms with Gasteiger partial charge < -0.3 is 5.11 Å². The van der Waals surface area contributed by atoms with Crippen LogP contribution in [0.15, 0.2) is 36.4 Å². The zero-order valence-corrected chi connectivity index (χ0v) is 10.9. The molecular formula is C17H20O. The van der Waals surface area contributed by atoms with Crippen LogP contribution >= 0.6 is 0 Å². The summed E-state index contributed by atoms with van der Waals surface area (Å²) in [4.78, 5) is 0. The molecule has 0 spiro atoms. The average molecular weight is 240 g/mol. The lowest BCUT2D eigenvalue weighted by molar-refractivity contribution is 0.106. The van der Waals surface area contributed by atoms with Crippen molar-refractivity contribution in [2.75, 3.05) is 0 Å². The van der Waals surface area contributed by atoms with Gasteiger partial charge in [-0.15, -0.1) is 0 Å². The highest BCUT2D eigenvalue weighted by molar-refractivity contribution is 5.87. The van der Waals surface area contributed by atoms with Gasteiger partial charge in [0.2, 0.25) is 0 Å². The van der Waals surface area contributed by atoms with E-state index in [9.17, 15) is 5.11 Å². The van der Waals surface area contributed by atoms with Crippen LogP contribution in [0.25, 0.3) is 10.8 Å². The van der Waals surface area contributed by atoms with Crippen LogP contribution in [0.5, 0.6) is 0 Å². The number of fused-ring (bicyclic) bond motifs is 1. The Kier molecular flexibility index (Phi) is 3.09. The van der Waals surface area contributed by atoms with Gasteiger partial charge in [-0.05, 0) is 41.7 Å². The molecule has 0 amide bonds. The first-order chi connectivity index (χ1) is 8.77. The van der Waals surface area contributed by atoms with Crippen LogP contribution in [-0.2, 0) is 0 Å². The highest BCUT2D eigenvalue weighted by atomic mass is 16.3. The van der Waals surface area contributed by atoms with Crippen LogP contribution in [-0.4, -0.2) is 11.2 Å². The lowest BCUT2D eigenvalue weighted by Gasteiger charge is -2.30. The van der Waals surface area contributed by atoms with Crippen molar-refractivity contribution in [1.29, 1.82) is 0 Å². The van der Waals surface area contributed by atoms with Crippen molar-refractivity contribution in [3.63, 3.8) is 0 Å². The maximum Gasteiger partial charge on any atom is 0.0609 e. The average Bonchev–Trinajstić information content (AvgIpc) is 2.40. The predicted octanol–water partition coefficient (Wildman–Crippen LogP) is 4.17. The number of aliphatic hydroxyl groups is 1. The van der Waals surface area contributed by atoms with Gasteiger partial charge in [0, 0.05) is 5.92 Å². The van der Waals surface area contributed by atoms with Gasteiger partial charge in [-0.3, -0.25) is 0 Å². The van der Waals surface area contributed by atoms with E-state index in [-0.39, 0.29) is 6.10 Å². The largest absolute Gasteiger partial charge is 0.392 e. The fourth-order valence-corrected chi connectivity index (χ4v) is 3.34. The molecule has 2 unspecified atom stereocenters. The van der Waals surface area contributed by atoms with Crippen molar-refractivity contribution in [3.8, 4) is 0 Å². The second-order valence-electron chi connectivity index (χ2n) is 5.48. The second kappa shape index (κ2) is 4.74.